The third-order valence-electron chi connectivity index (χ3n) is 5.43. The molecule has 1 amide bonds. The molecule has 7 heteroatoms. The van der Waals surface area contributed by atoms with E-state index in [9.17, 15) is 4.79 Å². The zero-order valence-electron chi connectivity index (χ0n) is 16.2. The van der Waals surface area contributed by atoms with Crippen LogP contribution in [0.4, 0.5) is 5.69 Å². The Morgan fingerprint density at radius 1 is 1.29 bits per heavy atom. The molecule has 2 aliphatic heterocycles. The number of amides is 1. The molecule has 3 atom stereocenters. The molecule has 2 aromatic rings. The lowest BCUT2D eigenvalue weighted by molar-refractivity contribution is -0.144. The van der Waals surface area contributed by atoms with E-state index in [1.165, 1.54) is 0 Å². The summed E-state index contributed by atoms with van der Waals surface area (Å²) in [5.74, 6) is 0.299. The maximum atomic E-state index is 13.3. The van der Waals surface area contributed by atoms with Gasteiger partial charge in [0.15, 0.2) is 10.8 Å². The van der Waals surface area contributed by atoms with Crippen molar-refractivity contribution in [1.82, 2.24) is 10.2 Å². The van der Waals surface area contributed by atoms with Crippen LogP contribution in [0, 0.1) is 12.8 Å². The number of rotatable bonds is 2. The third-order valence-corrected chi connectivity index (χ3v) is 6.22. The molecule has 1 saturated heterocycles. The van der Waals surface area contributed by atoms with Crippen molar-refractivity contribution >= 4 is 44.9 Å². The van der Waals surface area contributed by atoms with E-state index in [1.807, 2.05) is 55.1 Å². The number of carbonyl (C=O) groups excluding carboxylic acids is 1. The lowest BCUT2D eigenvalue weighted by Gasteiger charge is -2.56. The fourth-order valence-corrected chi connectivity index (χ4v) is 4.96. The molecule has 4 rings (SSSR count). The van der Waals surface area contributed by atoms with Crippen LogP contribution in [-0.2, 0) is 4.79 Å². The number of benzene rings is 2. The van der Waals surface area contributed by atoms with Crippen LogP contribution in [0.15, 0.2) is 46.9 Å². The molecule has 0 aromatic heterocycles. The fourth-order valence-electron chi connectivity index (χ4n) is 4.16. The highest BCUT2D eigenvalue weighted by atomic mass is 79.9. The molecule has 1 fully saturated rings. The Hall–Kier alpha value is -2.12. The monoisotopic (exact) mass is 459 g/mol. The Labute approximate surface area is 178 Å². The first-order chi connectivity index (χ1) is 13.2. The molecule has 0 radical (unpaired) electrons. The summed E-state index contributed by atoms with van der Waals surface area (Å²) in [5.41, 5.74) is 1.98. The predicted octanol–water partition coefficient (Wildman–Crippen LogP) is 4.01. The van der Waals surface area contributed by atoms with Crippen molar-refractivity contribution in [3.05, 3.63) is 58.1 Å². The third kappa shape index (κ3) is 2.88. The molecule has 2 aromatic carbocycles. The van der Waals surface area contributed by atoms with Gasteiger partial charge in [-0.1, -0.05) is 39.7 Å². The summed E-state index contributed by atoms with van der Waals surface area (Å²) < 4.78 is 7.47. The molecule has 0 saturated carbocycles. The van der Waals surface area contributed by atoms with Crippen LogP contribution < -0.4 is 15.0 Å². The minimum absolute atomic E-state index is 0.00495. The molecule has 2 aliphatic rings. The number of nitrogens with one attached hydrogen (secondary N) is 1. The predicted molar refractivity (Wildman–Crippen MR) is 117 cm³/mol. The van der Waals surface area contributed by atoms with E-state index in [0.29, 0.717) is 5.11 Å². The van der Waals surface area contributed by atoms with E-state index in [4.69, 9.17) is 17.0 Å². The minimum Gasteiger partial charge on any atom is -0.467 e. The zero-order chi connectivity index (χ0) is 20.2. The number of ether oxygens (including phenoxy) is 1. The van der Waals surface area contributed by atoms with Gasteiger partial charge in [0.25, 0.3) is 0 Å². The fraction of sp³-hybridized carbons (Fsp3) is 0.333. The Bertz CT molecular complexity index is 980. The topological polar surface area (TPSA) is 44.8 Å². The number of thiocarbonyl (C=S) groups is 1. The Kier molecular flexibility index (Phi) is 4.62. The second-order valence-corrected chi connectivity index (χ2v) is 8.95. The quantitative estimate of drug-likeness (QED) is 0.687. The first-order valence-electron chi connectivity index (χ1n) is 9.09. The van der Waals surface area contributed by atoms with Gasteiger partial charge >= 0.3 is 0 Å². The van der Waals surface area contributed by atoms with Crippen molar-refractivity contribution in [2.45, 2.75) is 25.6 Å². The summed E-state index contributed by atoms with van der Waals surface area (Å²) in [6.45, 7) is 3.98. The van der Waals surface area contributed by atoms with Gasteiger partial charge in [0.05, 0.1) is 6.04 Å². The maximum Gasteiger partial charge on any atom is 0.233 e. The second-order valence-electron chi connectivity index (χ2n) is 7.65. The summed E-state index contributed by atoms with van der Waals surface area (Å²) >= 11 is 9.27. The largest absolute Gasteiger partial charge is 0.467 e. The van der Waals surface area contributed by atoms with Crippen LogP contribution in [0.25, 0.3) is 0 Å². The first kappa shape index (κ1) is 19.2. The number of carbonyl (C=O) groups is 1. The summed E-state index contributed by atoms with van der Waals surface area (Å²) in [6.07, 6.45) is 0. The van der Waals surface area contributed by atoms with Crippen molar-refractivity contribution in [2.75, 3.05) is 19.0 Å². The molecular formula is C21H22BrN3O2S. The van der Waals surface area contributed by atoms with Gasteiger partial charge in [0.2, 0.25) is 5.91 Å². The number of fused-ring (bicyclic) bond motifs is 4. The van der Waals surface area contributed by atoms with E-state index in [1.54, 1.807) is 19.0 Å². The number of halogens is 1. The molecule has 2 bridgehead atoms. The number of hydrogen-bond donors (Lipinski definition) is 1. The molecule has 0 spiro atoms. The number of nitrogens with zero attached hydrogens (tertiary/aromatic N) is 2. The highest BCUT2D eigenvalue weighted by Crippen LogP contribution is 2.50. The highest BCUT2D eigenvalue weighted by Gasteiger charge is 2.59. The molecule has 28 heavy (non-hydrogen) atoms. The van der Waals surface area contributed by atoms with Crippen LogP contribution in [0.5, 0.6) is 5.75 Å². The van der Waals surface area contributed by atoms with Gasteiger partial charge in [-0.15, -0.1) is 0 Å². The zero-order valence-corrected chi connectivity index (χ0v) is 18.6. The van der Waals surface area contributed by atoms with Crippen LogP contribution in [-0.4, -0.2) is 35.7 Å². The normalized spacial score (nSPS) is 25.5. The number of anilines is 1. The van der Waals surface area contributed by atoms with Crippen LogP contribution >= 0.6 is 28.1 Å². The van der Waals surface area contributed by atoms with Crippen LogP contribution in [0.3, 0.4) is 0 Å². The van der Waals surface area contributed by atoms with Crippen molar-refractivity contribution in [2.24, 2.45) is 5.92 Å². The molecule has 1 N–H and O–H groups in total. The Balaban J connectivity index is 1.93. The van der Waals surface area contributed by atoms with Gasteiger partial charge in [-0.05, 0) is 50.3 Å². The van der Waals surface area contributed by atoms with Gasteiger partial charge in [-0.3, -0.25) is 9.69 Å². The lowest BCUT2D eigenvalue weighted by atomic mass is 9.78. The molecule has 0 unspecified atom stereocenters. The second kappa shape index (κ2) is 6.74. The van der Waals surface area contributed by atoms with E-state index in [-0.39, 0.29) is 11.9 Å². The SMILES string of the molecule is Cc1ccc2c(c1)[C@H]1NC(=S)N(c3cccc(Br)c3)[C@@](C)(O2)[C@@H]1C(=O)N(C)C. The average Bonchev–Trinajstić information content (AvgIpc) is 2.61. The van der Waals surface area contributed by atoms with Gasteiger partial charge in [-0.2, -0.15) is 0 Å². The molecule has 0 aliphatic carbocycles. The molecule has 5 nitrogen and oxygen atoms in total. The van der Waals surface area contributed by atoms with Gasteiger partial charge in [-0.25, -0.2) is 0 Å². The summed E-state index contributed by atoms with van der Waals surface area (Å²) in [4.78, 5) is 16.8. The van der Waals surface area contributed by atoms with Gasteiger partial charge in [0, 0.05) is 29.8 Å². The highest BCUT2D eigenvalue weighted by molar-refractivity contribution is 9.10. The average molecular weight is 460 g/mol. The van der Waals surface area contributed by atoms with E-state index >= 15 is 0 Å². The van der Waals surface area contributed by atoms with Crippen molar-refractivity contribution in [1.29, 1.82) is 0 Å². The molecule has 146 valence electrons. The van der Waals surface area contributed by atoms with Crippen LogP contribution in [0.1, 0.15) is 24.1 Å². The summed E-state index contributed by atoms with van der Waals surface area (Å²) in [5, 5.41) is 3.97. The Morgan fingerprint density at radius 2 is 2.04 bits per heavy atom. The van der Waals surface area contributed by atoms with Crippen molar-refractivity contribution in [3.8, 4) is 5.75 Å². The van der Waals surface area contributed by atoms with Gasteiger partial charge < -0.3 is 15.0 Å². The van der Waals surface area contributed by atoms with E-state index < -0.39 is 11.6 Å². The minimum atomic E-state index is -0.961. The number of hydrogen-bond acceptors (Lipinski definition) is 3. The smallest absolute Gasteiger partial charge is 0.233 e. The molecular weight excluding hydrogens is 438 g/mol. The summed E-state index contributed by atoms with van der Waals surface area (Å²) in [7, 11) is 3.55. The lowest BCUT2D eigenvalue weighted by Crippen LogP contribution is -2.72. The first-order valence-corrected chi connectivity index (χ1v) is 10.3. The van der Waals surface area contributed by atoms with Gasteiger partial charge in [0.1, 0.15) is 11.7 Å². The van der Waals surface area contributed by atoms with Crippen LogP contribution in [0.2, 0.25) is 0 Å². The Morgan fingerprint density at radius 3 is 2.71 bits per heavy atom. The standard InChI is InChI=1S/C21H22BrN3O2S/c1-12-8-9-16-15(10-12)18-17(19(26)24(3)4)21(2,27-16)25(20(28)23-18)14-7-5-6-13(22)11-14/h5-11,17-18H,1-4H3,(H,23,28)/t17-,18+,21-/m0/s1. The van der Waals surface area contributed by atoms with Crippen molar-refractivity contribution in [3.63, 3.8) is 0 Å². The molecule has 2 heterocycles. The summed E-state index contributed by atoms with van der Waals surface area (Å²) in [6, 6.07) is 13.7. The van der Waals surface area contributed by atoms with E-state index in [2.05, 4.69) is 27.3 Å². The number of aryl methyl sites for hydroxylation is 1. The van der Waals surface area contributed by atoms with Crippen molar-refractivity contribution < 1.29 is 9.53 Å². The van der Waals surface area contributed by atoms with E-state index in [0.717, 1.165) is 27.0 Å². The maximum absolute atomic E-state index is 13.3.